The van der Waals surface area contributed by atoms with Crippen molar-refractivity contribution in [2.24, 2.45) is 0 Å². The van der Waals surface area contributed by atoms with Crippen LogP contribution in [0.15, 0.2) is 41.1 Å². The van der Waals surface area contributed by atoms with Crippen LogP contribution in [0.4, 0.5) is 5.69 Å². The van der Waals surface area contributed by atoms with Crippen LogP contribution in [0.1, 0.15) is 18.4 Å². The minimum absolute atomic E-state index is 0.00606. The summed E-state index contributed by atoms with van der Waals surface area (Å²) in [6, 6.07) is 7.71. The number of halogens is 1. The van der Waals surface area contributed by atoms with Crippen LogP contribution in [0, 0.1) is 6.92 Å². The summed E-state index contributed by atoms with van der Waals surface area (Å²) in [5, 5.41) is 10.7. The maximum Gasteiger partial charge on any atom is 0.252 e. The van der Waals surface area contributed by atoms with E-state index in [1.165, 1.54) is 0 Å². The van der Waals surface area contributed by atoms with Gasteiger partial charge in [-0.05, 0) is 56.6 Å². The summed E-state index contributed by atoms with van der Waals surface area (Å²) < 4.78 is 2.79. The molecular formula is C16H19BrN4O. The standard InChI is InChI=1S/C16H19BrN4O/c1-12-3-4-13(11-14(12)17)20-15(22)16(5-8-18-9-6-16)21-10-2-7-19-21/h2-4,7,10-11,18H,5-6,8-9H2,1H3,(H,20,22). The fourth-order valence-corrected chi connectivity index (χ4v) is 3.22. The van der Waals surface area contributed by atoms with Crippen molar-refractivity contribution in [3.8, 4) is 0 Å². The molecule has 3 rings (SSSR count). The Kier molecular flexibility index (Phi) is 4.31. The first-order chi connectivity index (χ1) is 10.6. The van der Waals surface area contributed by atoms with Crippen molar-refractivity contribution in [2.45, 2.75) is 25.3 Å². The van der Waals surface area contributed by atoms with Crippen LogP contribution in [-0.4, -0.2) is 28.8 Å². The Morgan fingerprint density at radius 3 is 2.82 bits per heavy atom. The molecule has 5 nitrogen and oxygen atoms in total. The third kappa shape index (κ3) is 2.80. The molecule has 0 radical (unpaired) electrons. The molecule has 6 heteroatoms. The summed E-state index contributed by atoms with van der Waals surface area (Å²) >= 11 is 3.51. The molecule has 116 valence electrons. The molecule has 1 saturated heterocycles. The second-order valence-corrected chi connectivity index (χ2v) is 6.50. The second-order valence-electron chi connectivity index (χ2n) is 5.65. The first-order valence-electron chi connectivity index (χ1n) is 7.40. The van der Waals surface area contributed by atoms with Crippen molar-refractivity contribution in [1.29, 1.82) is 0 Å². The van der Waals surface area contributed by atoms with Gasteiger partial charge in [0.25, 0.3) is 5.91 Å². The van der Waals surface area contributed by atoms with E-state index >= 15 is 0 Å². The minimum Gasteiger partial charge on any atom is -0.324 e. The van der Waals surface area contributed by atoms with Gasteiger partial charge < -0.3 is 10.6 Å². The van der Waals surface area contributed by atoms with E-state index in [2.05, 4.69) is 31.7 Å². The van der Waals surface area contributed by atoms with Crippen molar-refractivity contribution in [2.75, 3.05) is 18.4 Å². The smallest absolute Gasteiger partial charge is 0.252 e. The number of carbonyl (C=O) groups excluding carboxylic acids is 1. The van der Waals surface area contributed by atoms with Gasteiger partial charge in [-0.25, -0.2) is 0 Å². The average molecular weight is 363 g/mol. The molecule has 1 aromatic carbocycles. The zero-order valence-electron chi connectivity index (χ0n) is 12.5. The number of benzene rings is 1. The van der Waals surface area contributed by atoms with Gasteiger partial charge in [0.05, 0.1) is 0 Å². The summed E-state index contributed by atoms with van der Waals surface area (Å²) in [5.41, 5.74) is 1.32. The molecule has 0 aliphatic carbocycles. The first kappa shape index (κ1) is 15.2. The summed E-state index contributed by atoms with van der Waals surface area (Å²) in [7, 11) is 0. The maximum atomic E-state index is 13.0. The Bertz CT molecular complexity index is 663. The highest BCUT2D eigenvalue weighted by molar-refractivity contribution is 9.10. The Morgan fingerprint density at radius 2 is 2.18 bits per heavy atom. The quantitative estimate of drug-likeness (QED) is 0.882. The molecule has 2 heterocycles. The van der Waals surface area contributed by atoms with Gasteiger partial charge >= 0.3 is 0 Å². The number of rotatable bonds is 3. The minimum atomic E-state index is -0.619. The number of anilines is 1. The topological polar surface area (TPSA) is 59.0 Å². The number of piperidine rings is 1. The average Bonchev–Trinajstić information content (AvgIpc) is 3.06. The number of aryl methyl sites for hydroxylation is 1. The van der Waals surface area contributed by atoms with Gasteiger partial charge in [0, 0.05) is 22.6 Å². The van der Waals surface area contributed by atoms with E-state index in [1.54, 1.807) is 10.9 Å². The number of hydrogen-bond acceptors (Lipinski definition) is 3. The van der Waals surface area contributed by atoms with Gasteiger partial charge in [-0.1, -0.05) is 22.0 Å². The number of nitrogens with one attached hydrogen (secondary N) is 2. The lowest BCUT2D eigenvalue weighted by molar-refractivity contribution is -0.126. The van der Waals surface area contributed by atoms with Crippen LogP contribution >= 0.6 is 15.9 Å². The fourth-order valence-electron chi connectivity index (χ4n) is 2.84. The predicted molar refractivity (Wildman–Crippen MR) is 89.8 cm³/mol. The number of nitrogens with zero attached hydrogens (tertiary/aromatic N) is 2. The molecular weight excluding hydrogens is 344 g/mol. The third-order valence-electron chi connectivity index (χ3n) is 4.23. The highest BCUT2D eigenvalue weighted by atomic mass is 79.9. The van der Waals surface area contributed by atoms with E-state index in [4.69, 9.17) is 0 Å². The van der Waals surface area contributed by atoms with Crippen molar-refractivity contribution >= 4 is 27.5 Å². The number of hydrogen-bond donors (Lipinski definition) is 2. The first-order valence-corrected chi connectivity index (χ1v) is 8.20. The van der Waals surface area contributed by atoms with Crippen LogP contribution in [-0.2, 0) is 10.3 Å². The normalized spacial score (nSPS) is 17.2. The van der Waals surface area contributed by atoms with E-state index in [-0.39, 0.29) is 5.91 Å². The molecule has 0 bridgehead atoms. The molecule has 1 fully saturated rings. The van der Waals surface area contributed by atoms with Crippen LogP contribution in [0.3, 0.4) is 0 Å². The molecule has 1 aromatic heterocycles. The van der Waals surface area contributed by atoms with Gasteiger partial charge in [0.1, 0.15) is 5.54 Å². The molecule has 0 saturated carbocycles. The molecule has 1 amide bonds. The molecule has 22 heavy (non-hydrogen) atoms. The molecule has 0 spiro atoms. The molecule has 2 aromatic rings. The Morgan fingerprint density at radius 1 is 1.41 bits per heavy atom. The van der Waals surface area contributed by atoms with Gasteiger partial charge in [0.15, 0.2) is 0 Å². The molecule has 1 aliphatic rings. The zero-order valence-corrected chi connectivity index (χ0v) is 14.1. The lowest BCUT2D eigenvalue weighted by atomic mass is 9.87. The Balaban J connectivity index is 1.88. The predicted octanol–water partition coefficient (Wildman–Crippen LogP) is 2.67. The monoisotopic (exact) mass is 362 g/mol. The van der Waals surface area contributed by atoms with Gasteiger partial charge in [-0.15, -0.1) is 0 Å². The zero-order chi connectivity index (χ0) is 15.6. The van der Waals surface area contributed by atoms with Crippen LogP contribution in [0.5, 0.6) is 0 Å². The van der Waals surface area contributed by atoms with E-state index in [9.17, 15) is 4.79 Å². The van der Waals surface area contributed by atoms with Crippen molar-refractivity contribution in [1.82, 2.24) is 15.1 Å². The van der Waals surface area contributed by atoms with E-state index in [1.807, 2.05) is 37.4 Å². The molecule has 2 N–H and O–H groups in total. The van der Waals surface area contributed by atoms with Crippen LogP contribution in [0.25, 0.3) is 0 Å². The van der Waals surface area contributed by atoms with Crippen molar-refractivity contribution in [3.63, 3.8) is 0 Å². The number of carbonyl (C=O) groups is 1. The van der Waals surface area contributed by atoms with Crippen LogP contribution in [0.2, 0.25) is 0 Å². The lowest BCUT2D eigenvalue weighted by Crippen LogP contribution is -2.52. The van der Waals surface area contributed by atoms with E-state index in [0.717, 1.165) is 41.7 Å². The SMILES string of the molecule is Cc1ccc(NC(=O)C2(n3cccn3)CCNCC2)cc1Br. The lowest BCUT2D eigenvalue weighted by Gasteiger charge is -2.36. The molecule has 1 aliphatic heterocycles. The van der Waals surface area contributed by atoms with Crippen molar-refractivity contribution in [3.05, 3.63) is 46.7 Å². The molecule has 0 unspecified atom stereocenters. The second kappa shape index (κ2) is 6.22. The highest BCUT2D eigenvalue weighted by Crippen LogP contribution is 2.29. The summed E-state index contributed by atoms with van der Waals surface area (Å²) in [6.45, 7) is 3.64. The van der Waals surface area contributed by atoms with Gasteiger partial charge in [0.2, 0.25) is 0 Å². The van der Waals surface area contributed by atoms with Crippen LogP contribution < -0.4 is 10.6 Å². The van der Waals surface area contributed by atoms with Crippen molar-refractivity contribution < 1.29 is 4.79 Å². The van der Waals surface area contributed by atoms with Gasteiger partial charge in [-0.3, -0.25) is 9.48 Å². The summed E-state index contributed by atoms with van der Waals surface area (Å²) in [5.74, 6) is -0.00606. The number of aromatic nitrogens is 2. The number of amides is 1. The van der Waals surface area contributed by atoms with E-state index < -0.39 is 5.54 Å². The fraction of sp³-hybridized carbons (Fsp3) is 0.375. The van der Waals surface area contributed by atoms with Gasteiger partial charge in [-0.2, -0.15) is 5.10 Å². The van der Waals surface area contributed by atoms with E-state index in [0.29, 0.717) is 0 Å². The third-order valence-corrected chi connectivity index (χ3v) is 5.08. The maximum absolute atomic E-state index is 13.0. The Hall–Kier alpha value is -1.66. The molecule has 0 atom stereocenters. The Labute approximate surface area is 138 Å². The largest absolute Gasteiger partial charge is 0.324 e. The summed E-state index contributed by atoms with van der Waals surface area (Å²) in [4.78, 5) is 13.0. The summed E-state index contributed by atoms with van der Waals surface area (Å²) in [6.07, 6.45) is 5.05. The highest BCUT2D eigenvalue weighted by Gasteiger charge is 2.42.